The van der Waals surface area contributed by atoms with Gasteiger partial charge in [-0.3, -0.25) is 9.59 Å². The molecule has 2 aliphatic rings. The molecule has 4 atom stereocenters. The molecule has 0 unspecified atom stereocenters. The molecule has 0 aromatic heterocycles. The van der Waals surface area contributed by atoms with E-state index in [1.54, 1.807) is 11.9 Å². The largest absolute Gasteiger partial charge is 0.359 e. The maximum absolute atomic E-state index is 12.6. The molecule has 2 aliphatic carbocycles. The summed E-state index contributed by atoms with van der Waals surface area (Å²) < 4.78 is 0. The van der Waals surface area contributed by atoms with Crippen molar-refractivity contribution in [2.24, 2.45) is 23.7 Å². The van der Waals surface area contributed by atoms with Crippen LogP contribution in [0.4, 0.5) is 0 Å². The molecular weight excluding hydrogens is 264 g/mol. The van der Waals surface area contributed by atoms with Gasteiger partial charge in [0.15, 0.2) is 0 Å². The Labute approximate surface area is 128 Å². The van der Waals surface area contributed by atoms with Crippen molar-refractivity contribution in [3.8, 4) is 0 Å². The van der Waals surface area contributed by atoms with Crippen molar-refractivity contribution in [1.82, 2.24) is 10.2 Å². The molecule has 0 aromatic carbocycles. The predicted octanol–water partition coefficient (Wildman–Crippen LogP) is 2.43. The zero-order chi connectivity index (χ0) is 15.4. The molecule has 2 amide bonds. The van der Waals surface area contributed by atoms with E-state index in [2.05, 4.69) is 5.32 Å². The van der Waals surface area contributed by atoms with Gasteiger partial charge in [0.1, 0.15) is 0 Å². The number of fused-ring (bicyclic) bond motifs is 1. The lowest BCUT2D eigenvalue weighted by Gasteiger charge is -2.39. The van der Waals surface area contributed by atoms with Crippen LogP contribution < -0.4 is 5.32 Å². The van der Waals surface area contributed by atoms with Gasteiger partial charge < -0.3 is 10.2 Å². The second-order valence-electron chi connectivity index (χ2n) is 7.05. The van der Waals surface area contributed by atoms with Gasteiger partial charge in [0.05, 0.1) is 5.92 Å². The molecule has 2 rings (SSSR count). The highest BCUT2D eigenvalue weighted by atomic mass is 16.2. The van der Waals surface area contributed by atoms with Gasteiger partial charge in [-0.2, -0.15) is 0 Å². The summed E-state index contributed by atoms with van der Waals surface area (Å²) in [5.74, 6) is 1.94. The highest BCUT2D eigenvalue weighted by Crippen LogP contribution is 2.43. The van der Waals surface area contributed by atoms with E-state index in [4.69, 9.17) is 0 Å². The Morgan fingerprint density at radius 2 is 1.81 bits per heavy atom. The second kappa shape index (κ2) is 7.28. The number of nitrogens with one attached hydrogen (secondary N) is 1. The van der Waals surface area contributed by atoms with Crippen LogP contribution in [0.1, 0.15) is 51.9 Å². The lowest BCUT2D eigenvalue weighted by molar-refractivity contribution is -0.138. The van der Waals surface area contributed by atoms with Crippen molar-refractivity contribution in [3.63, 3.8) is 0 Å². The summed E-state index contributed by atoms with van der Waals surface area (Å²) in [6.45, 7) is 2.39. The number of carbonyl (C=O) groups excluding carboxylic acids is 2. The van der Waals surface area contributed by atoms with Crippen molar-refractivity contribution in [3.05, 3.63) is 0 Å². The molecule has 0 saturated heterocycles. The molecule has 0 aromatic rings. The Bertz CT molecular complexity index is 383. The Morgan fingerprint density at radius 1 is 1.14 bits per heavy atom. The third-order valence-electron chi connectivity index (χ3n) is 5.51. The standard InChI is InChI=1S/C17H30N2O2/c1-12(16(20)18-2)11-19(3)17(21)15-9-8-13-6-4-5-7-14(13)10-15/h12-15H,4-11H2,1-3H3,(H,18,20)/t12-,13+,14-,15-/m1/s1. The third kappa shape index (κ3) is 3.98. The van der Waals surface area contributed by atoms with Gasteiger partial charge in [-0.05, 0) is 31.1 Å². The Balaban J connectivity index is 1.86. The first-order valence-electron chi connectivity index (χ1n) is 8.49. The first-order valence-corrected chi connectivity index (χ1v) is 8.49. The van der Waals surface area contributed by atoms with Crippen molar-refractivity contribution < 1.29 is 9.59 Å². The van der Waals surface area contributed by atoms with E-state index < -0.39 is 0 Å². The fourth-order valence-corrected chi connectivity index (χ4v) is 4.24. The number of amides is 2. The van der Waals surface area contributed by atoms with Crippen LogP contribution in [0.5, 0.6) is 0 Å². The van der Waals surface area contributed by atoms with Gasteiger partial charge in [-0.1, -0.05) is 32.6 Å². The number of nitrogens with zero attached hydrogens (tertiary/aromatic N) is 1. The Morgan fingerprint density at radius 3 is 2.48 bits per heavy atom. The van der Waals surface area contributed by atoms with Gasteiger partial charge >= 0.3 is 0 Å². The van der Waals surface area contributed by atoms with Crippen molar-refractivity contribution in [2.75, 3.05) is 20.6 Å². The molecule has 21 heavy (non-hydrogen) atoms. The topological polar surface area (TPSA) is 49.4 Å². The monoisotopic (exact) mass is 294 g/mol. The molecule has 4 nitrogen and oxygen atoms in total. The number of carbonyl (C=O) groups is 2. The summed E-state index contributed by atoms with van der Waals surface area (Å²) in [4.78, 5) is 26.0. The molecule has 4 heteroatoms. The number of rotatable bonds is 4. The smallest absolute Gasteiger partial charge is 0.225 e. The third-order valence-corrected chi connectivity index (χ3v) is 5.51. The van der Waals surface area contributed by atoms with E-state index >= 15 is 0 Å². The molecule has 0 heterocycles. The van der Waals surface area contributed by atoms with Gasteiger partial charge in [0.2, 0.25) is 11.8 Å². The molecular formula is C17H30N2O2. The maximum atomic E-state index is 12.6. The zero-order valence-corrected chi connectivity index (χ0v) is 13.7. The van der Waals surface area contributed by atoms with E-state index in [-0.39, 0.29) is 23.7 Å². The summed E-state index contributed by atoms with van der Waals surface area (Å²) in [6.07, 6.45) is 8.73. The van der Waals surface area contributed by atoms with Gasteiger partial charge in [0, 0.05) is 26.6 Å². The van der Waals surface area contributed by atoms with Crippen LogP contribution in [-0.2, 0) is 9.59 Å². The zero-order valence-electron chi connectivity index (χ0n) is 13.7. The maximum Gasteiger partial charge on any atom is 0.225 e. The molecule has 1 N–H and O–H groups in total. The minimum atomic E-state index is -0.144. The number of hydrogen-bond acceptors (Lipinski definition) is 2. The van der Waals surface area contributed by atoms with Crippen LogP contribution in [0.2, 0.25) is 0 Å². The summed E-state index contributed by atoms with van der Waals surface area (Å²) in [5, 5.41) is 2.65. The minimum Gasteiger partial charge on any atom is -0.359 e. The van der Waals surface area contributed by atoms with Crippen molar-refractivity contribution in [2.45, 2.75) is 51.9 Å². The minimum absolute atomic E-state index is 0.00522. The summed E-state index contributed by atoms with van der Waals surface area (Å²) in [5.41, 5.74) is 0. The summed E-state index contributed by atoms with van der Waals surface area (Å²) >= 11 is 0. The highest BCUT2D eigenvalue weighted by Gasteiger charge is 2.36. The fraction of sp³-hybridized carbons (Fsp3) is 0.882. The SMILES string of the molecule is CNC(=O)[C@H](C)CN(C)C(=O)[C@@H]1CC[C@@H]2CCCC[C@@H]2C1. The summed E-state index contributed by atoms with van der Waals surface area (Å²) in [7, 11) is 3.49. The van der Waals surface area contributed by atoms with E-state index in [0.717, 1.165) is 24.7 Å². The second-order valence-corrected chi connectivity index (χ2v) is 7.05. The summed E-state index contributed by atoms with van der Waals surface area (Å²) in [6, 6.07) is 0. The van der Waals surface area contributed by atoms with Crippen LogP contribution in [0.15, 0.2) is 0 Å². The Kier molecular flexibility index (Phi) is 5.65. The molecule has 2 saturated carbocycles. The van der Waals surface area contributed by atoms with E-state index in [1.165, 1.54) is 32.1 Å². The lowest BCUT2D eigenvalue weighted by Crippen LogP contribution is -2.42. The molecule has 0 bridgehead atoms. The lowest BCUT2D eigenvalue weighted by atomic mass is 9.67. The van der Waals surface area contributed by atoms with Crippen LogP contribution in [0, 0.1) is 23.7 Å². The highest BCUT2D eigenvalue weighted by molar-refractivity contribution is 5.81. The Hall–Kier alpha value is -1.06. The van der Waals surface area contributed by atoms with E-state index in [0.29, 0.717) is 6.54 Å². The first-order chi connectivity index (χ1) is 10.0. The van der Waals surface area contributed by atoms with Gasteiger partial charge in [-0.15, -0.1) is 0 Å². The average molecular weight is 294 g/mol. The van der Waals surface area contributed by atoms with Crippen LogP contribution in [0.25, 0.3) is 0 Å². The molecule has 0 radical (unpaired) electrons. The van der Waals surface area contributed by atoms with Crippen LogP contribution in [0.3, 0.4) is 0 Å². The van der Waals surface area contributed by atoms with Gasteiger partial charge in [-0.25, -0.2) is 0 Å². The van der Waals surface area contributed by atoms with Crippen LogP contribution in [-0.4, -0.2) is 37.4 Å². The first kappa shape index (κ1) is 16.3. The fourth-order valence-electron chi connectivity index (χ4n) is 4.24. The average Bonchev–Trinajstić information content (AvgIpc) is 2.52. The van der Waals surface area contributed by atoms with E-state index in [9.17, 15) is 9.59 Å². The normalized spacial score (nSPS) is 30.1. The van der Waals surface area contributed by atoms with Crippen molar-refractivity contribution in [1.29, 1.82) is 0 Å². The van der Waals surface area contributed by atoms with E-state index in [1.807, 2.05) is 14.0 Å². The number of hydrogen-bond donors (Lipinski definition) is 1. The molecule has 2 fully saturated rings. The predicted molar refractivity (Wildman–Crippen MR) is 83.7 cm³/mol. The molecule has 0 aliphatic heterocycles. The van der Waals surface area contributed by atoms with Crippen molar-refractivity contribution >= 4 is 11.8 Å². The quantitative estimate of drug-likeness (QED) is 0.865. The van der Waals surface area contributed by atoms with Crippen LogP contribution >= 0.6 is 0 Å². The molecule has 0 spiro atoms. The van der Waals surface area contributed by atoms with Gasteiger partial charge in [0.25, 0.3) is 0 Å². The molecule has 120 valence electrons.